The number of hydrogen-bond donors (Lipinski definition) is 2. The van der Waals surface area contributed by atoms with Crippen molar-refractivity contribution < 1.29 is 5.11 Å². The summed E-state index contributed by atoms with van der Waals surface area (Å²) in [5.74, 6) is 0.618. The minimum absolute atomic E-state index is 0.0251. The van der Waals surface area contributed by atoms with Gasteiger partial charge in [0, 0.05) is 12.6 Å². The van der Waals surface area contributed by atoms with E-state index < -0.39 is 0 Å². The van der Waals surface area contributed by atoms with Crippen LogP contribution in [0.15, 0.2) is 12.7 Å². The lowest BCUT2D eigenvalue weighted by molar-refractivity contribution is 0.282. The van der Waals surface area contributed by atoms with E-state index in [2.05, 4.69) is 30.4 Å². The van der Waals surface area contributed by atoms with Gasteiger partial charge in [0.1, 0.15) is 12.7 Å². The second kappa shape index (κ2) is 5.69. The van der Waals surface area contributed by atoms with Crippen LogP contribution in [0.4, 0.5) is 5.95 Å². The Morgan fingerprint density at radius 2 is 2.28 bits per heavy atom. The van der Waals surface area contributed by atoms with Crippen molar-refractivity contribution in [3.05, 3.63) is 17.9 Å². The quantitative estimate of drug-likeness (QED) is 0.804. The highest BCUT2D eigenvalue weighted by atomic mass is 35.5. The Morgan fingerprint density at radius 3 is 2.94 bits per heavy atom. The summed E-state index contributed by atoms with van der Waals surface area (Å²) in [4.78, 5) is 15.9. The van der Waals surface area contributed by atoms with Crippen molar-refractivity contribution in [3.63, 3.8) is 0 Å². The van der Waals surface area contributed by atoms with Crippen LogP contribution in [-0.4, -0.2) is 47.5 Å². The third-order valence-corrected chi connectivity index (χ3v) is 2.33. The number of aliphatic hydroxyl groups excluding tert-OH is 1. The molecule has 2 aromatic rings. The maximum atomic E-state index is 8.83. The SMILES string of the molecule is CC(CCO)Nc1nc(Cl)nc(-n2cncn2)n1. The fraction of sp³-hybridized carbons (Fsp3) is 0.444. The summed E-state index contributed by atoms with van der Waals surface area (Å²) in [6.07, 6.45) is 3.42. The average molecular weight is 270 g/mol. The van der Waals surface area contributed by atoms with Crippen molar-refractivity contribution in [2.45, 2.75) is 19.4 Å². The Bertz CT molecular complexity index is 504. The first-order valence-corrected chi connectivity index (χ1v) is 5.71. The maximum Gasteiger partial charge on any atom is 0.258 e. The largest absolute Gasteiger partial charge is 0.396 e. The van der Waals surface area contributed by atoms with Gasteiger partial charge in [0.2, 0.25) is 11.2 Å². The maximum absolute atomic E-state index is 8.83. The van der Waals surface area contributed by atoms with E-state index in [0.717, 1.165) is 0 Å². The first kappa shape index (κ1) is 12.7. The molecule has 2 heterocycles. The third kappa shape index (κ3) is 3.11. The number of nitrogens with one attached hydrogen (secondary N) is 1. The van der Waals surface area contributed by atoms with Gasteiger partial charge in [0.25, 0.3) is 5.95 Å². The molecule has 0 spiro atoms. The standard InChI is InChI=1S/C9H12ClN7O/c1-6(2-3-18)13-8-14-7(10)15-9(16-8)17-5-11-4-12-17/h4-6,18H,2-3H2,1H3,(H,13,14,15,16). The molecule has 0 radical (unpaired) electrons. The monoisotopic (exact) mass is 269 g/mol. The zero-order chi connectivity index (χ0) is 13.0. The van der Waals surface area contributed by atoms with E-state index in [0.29, 0.717) is 12.4 Å². The van der Waals surface area contributed by atoms with Crippen LogP contribution in [0.25, 0.3) is 5.95 Å². The Morgan fingerprint density at radius 1 is 1.44 bits per heavy atom. The van der Waals surface area contributed by atoms with Crippen molar-refractivity contribution in [3.8, 4) is 5.95 Å². The molecule has 0 aliphatic rings. The molecule has 1 unspecified atom stereocenters. The van der Waals surface area contributed by atoms with Crippen LogP contribution in [0.2, 0.25) is 5.28 Å². The van der Waals surface area contributed by atoms with Crippen LogP contribution in [0, 0.1) is 0 Å². The Hall–Kier alpha value is -1.80. The van der Waals surface area contributed by atoms with Crippen LogP contribution >= 0.6 is 11.6 Å². The average Bonchev–Trinajstić information content (AvgIpc) is 2.81. The lowest BCUT2D eigenvalue weighted by Gasteiger charge is -2.12. The lowest BCUT2D eigenvalue weighted by Crippen LogP contribution is -2.19. The van der Waals surface area contributed by atoms with Gasteiger partial charge in [0.05, 0.1) is 0 Å². The molecule has 8 nitrogen and oxygen atoms in total. The van der Waals surface area contributed by atoms with Gasteiger partial charge in [-0.25, -0.2) is 4.98 Å². The normalized spacial score (nSPS) is 12.4. The first-order chi connectivity index (χ1) is 8.69. The zero-order valence-electron chi connectivity index (χ0n) is 9.65. The summed E-state index contributed by atoms with van der Waals surface area (Å²) in [7, 11) is 0. The summed E-state index contributed by atoms with van der Waals surface area (Å²) < 4.78 is 1.38. The second-order valence-electron chi connectivity index (χ2n) is 3.63. The van der Waals surface area contributed by atoms with E-state index >= 15 is 0 Å². The molecule has 18 heavy (non-hydrogen) atoms. The first-order valence-electron chi connectivity index (χ1n) is 5.33. The Balaban J connectivity index is 2.22. The highest BCUT2D eigenvalue weighted by Crippen LogP contribution is 2.10. The molecule has 0 aliphatic carbocycles. The molecule has 0 saturated heterocycles. The smallest absolute Gasteiger partial charge is 0.258 e. The molecule has 0 saturated carbocycles. The molecule has 2 N–H and O–H groups in total. The number of aromatic nitrogens is 6. The number of aliphatic hydroxyl groups is 1. The molecule has 2 rings (SSSR count). The number of hydrogen-bond acceptors (Lipinski definition) is 7. The highest BCUT2D eigenvalue weighted by Gasteiger charge is 2.09. The van der Waals surface area contributed by atoms with E-state index in [1.54, 1.807) is 0 Å². The van der Waals surface area contributed by atoms with Gasteiger partial charge >= 0.3 is 0 Å². The highest BCUT2D eigenvalue weighted by molar-refractivity contribution is 6.28. The van der Waals surface area contributed by atoms with Crippen LogP contribution in [-0.2, 0) is 0 Å². The van der Waals surface area contributed by atoms with E-state index in [1.165, 1.54) is 17.3 Å². The fourth-order valence-electron chi connectivity index (χ4n) is 1.30. The Labute approximate surface area is 108 Å². The number of rotatable bonds is 5. The summed E-state index contributed by atoms with van der Waals surface area (Å²) in [5.41, 5.74) is 0. The summed E-state index contributed by atoms with van der Waals surface area (Å²) in [6, 6.07) is 0.0251. The van der Waals surface area contributed by atoms with Crippen LogP contribution < -0.4 is 5.32 Å². The van der Waals surface area contributed by atoms with Gasteiger partial charge in [0.15, 0.2) is 0 Å². The van der Waals surface area contributed by atoms with Crippen molar-refractivity contribution in [1.82, 2.24) is 29.7 Å². The summed E-state index contributed by atoms with van der Waals surface area (Å²) >= 11 is 5.81. The van der Waals surface area contributed by atoms with Crippen molar-refractivity contribution in [2.24, 2.45) is 0 Å². The number of halogens is 1. The van der Waals surface area contributed by atoms with Crippen LogP contribution in [0.1, 0.15) is 13.3 Å². The molecular weight excluding hydrogens is 258 g/mol. The van der Waals surface area contributed by atoms with Crippen molar-refractivity contribution >= 4 is 17.5 Å². The van der Waals surface area contributed by atoms with Crippen LogP contribution in [0.3, 0.4) is 0 Å². The van der Waals surface area contributed by atoms with Crippen molar-refractivity contribution in [1.29, 1.82) is 0 Å². The van der Waals surface area contributed by atoms with Gasteiger partial charge in [-0.2, -0.15) is 24.7 Å². The number of nitrogens with zero attached hydrogens (tertiary/aromatic N) is 6. The molecule has 9 heteroatoms. The molecular formula is C9H12ClN7O. The molecule has 2 aromatic heterocycles. The third-order valence-electron chi connectivity index (χ3n) is 2.16. The summed E-state index contributed by atoms with van der Waals surface area (Å²) in [5, 5.41) is 15.8. The molecule has 0 amide bonds. The fourth-order valence-corrected chi connectivity index (χ4v) is 1.46. The molecule has 96 valence electrons. The second-order valence-corrected chi connectivity index (χ2v) is 3.96. The molecule has 0 fully saturated rings. The topological polar surface area (TPSA) is 102 Å². The van der Waals surface area contributed by atoms with Crippen molar-refractivity contribution in [2.75, 3.05) is 11.9 Å². The van der Waals surface area contributed by atoms with Gasteiger partial charge in [-0.15, -0.1) is 0 Å². The zero-order valence-corrected chi connectivity index (χ0v) is 10.4. The Kier molecular flexibility index (Phi) is 4.00. The van der Waals surface area contributed by atoms with Gasteiger partial charge in [-0.3, -0.25) is 0 Å². The van der Waals surface area contributed by atoms with E-state index in [1.807, 2.05) is 6.92 Å². The minimum atomic E-state index is 0.0251. The molecule has 1 atom stereocenters. The van der Waals surface area contributed by atoms with E-state index in [-0.39, 0.29) is 23.9 Å². The van der Waals surface area contributed by atoms with E-state index in [4.69, 9.17) is 16.7 Å². The molecule has 0 bridgehead atoms. The number of anilines is 1. The predicted molar refractivity (Wildman–Crippen MR) is 64.5 cm³/mol. The van der Waals surface area contributed by atoms with E-state index in [9.17, 15) is 0 Å². The molecule has 0 aliphatic heterocycles. The van der Waals surface area contributed by atoms with Gasteiger partial charge < -0.3 is 10.4 Å². The van der Waals surface area contributed by atoms with Crippen LogP contribution in [0.5, 0.6) is 0 Å². The molecule has 0 aromatic carbocycles. The predicted octanol–water partition coefficient (Wildman–Crippen LogP) is 0.288. The van der Waals surface area contributed by atoms with Gasteiger partial charge in [-0.05, 0) is 24.9 Å². The minimum Gasteiger partial charge on any atom is -0.396 e. The van der Waals surface area contributed by atoms with Gasteiger partial charge in [-0.1, -0.05) is 0 Å². The summed E-state index contributed by atoms with van der Waals surface area (Å²) in [6.45, 7) is 1.99. The lowest BCUT2D eigenvalue weighted by atomic mass is 10.2.